The minimum absolute atomic E-state index is 0.0200. The van der Waals surface area contributed by atoms with E-state index in [1.54, 1.807) is 10.7 Å². The molecule has 0 radical (unpaired) electrons. The summed E-state index contributed by atoms with van der Waals surface area (Å²) in [5.41, 5.74) is 2.15. The van der Waals surface area contributed by atoms with Gasteiger partial charge in [0.2, 0.25) is 10.0 Å². The molecule has 0 unspecified atom stereocenters. The van der Waals surface area contributed by atoms with Crippen LogP contribution in [0.1, 0.15) is 12.8 Å². The van der Waals surface area contributed by atoms with Crippen molar-refractivity contribution in [3.05, 3.63) is 76.1 Å². The number of piperidine rings is 1. The Morgan fingerprint density at radius 1 is 1.09 bits per heavy atom. The first-order valence-electron chi connectivity index (χ1n) is 10.6. The molecule has 176 valence electrons. The number of aromatic nitrogens is 3. The zero-order chi connectivity index (χ0) is 23.9. The van der Waals surface area contributed by atoms with Gasteiger partial charge in [-0.3, -0.25) is 0 Å². The van der Waals surface area contributed by atoms with Crippen molar-refractivity contribution >= 4 is 49.0 Å². The normalized spacial score (nSPS) is 15.6. The van der Waals surface area contributed by atoms with E-state index in [1.807, 2.05) is 30.3 Å². The van der Waals surface area contributed by atoms with Crippen LogP contribution in [0.2, 0.25) is 5.02 Å². The van der Waals surface area contributed by atoms with Crippen molar-refractivity contribution in [2.75, 3.05) is 18.4 Å². The zero-order valence-electron chi connectivity index (χ0n) is 17.8. The third-order valence-electron chi connectivity index (χ3n) is 5.82. The van der Waals surface area contributed by atoms with Gasteiger partial charge in [-0.05, 0) is 53.0 Å². The molecular weight excluding hydrogens is 545 g/mol. The first-order chi connectivity index (χ1) is 16.3. The fourth-order valence-corrected chi connectivity index (χ4v) is 6.15. The van der Waals surface area contributed by atoms with Crippen LogP contribution in [0.5, 0.6) is 0 Å². The fourth-order valence-electron chi connectivity index (χ4n) is 4.07. The second kappa shape index (κ2) is 9.26. The molecule has 0 amide bonds. The van der Waals surface area contributed by atoms with Gasteiger partial charge in [0.1, 0.15) is 11.6 Å². The molecule has 2 aromatic heterocycles. The second-order valence-electron chi connectivity index (χ2n) is 8.01. The maximum absolute atomic E-state index is 13.6. The molecule has 0 aliphatic carbocycles. The number of hydrogen-bond donors (Lipinski definition) is 1. The van der Waals surface area contributed by atoms with Gasteiger partial charge in [-0.2, -0.15) is 13.9 Å². The second-order valence-corrected chi connectivity index (χ2v) is 11.2. The van der Waals surface area contributed by atoms with E-state index in [2.05, 4.69) is 26.3 Å². The smallest absolute Gasteiger partial charge is 0.243 e. The summed E-state index contributed by atoms with van der Waals surface area (Å²) in [4.78, 5) is 4.69. The molecule has 1 aliphatic rings. The Hall–Kier alpha value is -2.53. The molecule has 34 heavy (non-hydrogen) atoms. The molecule has 11 heteroatoms. The van der Waals surface area contributed by atoms with E-state index in [0.717, 1.165) is 21.9 Å². The maximum Gasteiger partial charge on any atom is 0.243 e. The molecule has 2 aromatic carbocycles. The average molecular weight is 565 g/mol. The van der Waals surface area contributed by atoms with Crippen LogP contribution in [0.4, 0.5) is 10.2 Å². The molecule has 1 fully saturated rings. The number of halogens is 3. The molecule has 0 bridgehead atoms. The van der Waals surface area contributed by atoms with Gasteiger partial charge in [-0.25, -0.2) is 17.8 Å². The monoisotopic (exact) mass is 563 g/mol. The Morgan fingerprint density at radius 2 is 1.85 bits per heavy atom. The molecular formula is C23H20BrClFN5O2S. The van der Waals surface area contributed by atoms with Crippen molar-refractivity contribution in [2.45, 2.75) is 23.8 Å². The standard InChI is InChI=1S/C23H20BrClFN5O2S/c24-19-14-27-31-22(13-21(29-23(19)31)18-6-1-2-7-20(18)25)28-16-8-10-30(11-9-16)34(32,33)17-5-3-4-15(26)12-17/h1-7,12-14,16,28H,8-11H2. The third kappa shape index (κ3) is 4.43. The van der Waals surface area contributed by atoms with E-state index in [-0.39, 0.29) is 10.9 Å². The quantitative estimate of drug-likeness (QED) is 0.360. The number of rotatable bonds is 5. The van der Waals surface area contributed by atoms with Crippen LogP contribution in [0.3, 0.4) is 0 Å². The lowest BCUT2D eigenvalue weighted by Crippen LogP contribution is -2.42. The van der Waals surface area contributed by atoms with Crippen LogP contribution >= 0.6 is 27.5 Å². The highest BCUT2D eigenvalue weighted by molar-refractivity contribution is 9.10. The van der Waals surface area contributed by atoms with E-state index in [9.17, 15) is 12.8 Å². The molecule has 1 N–H and O–H groups in total. The summed E-state index contributed by atoms with van der Waals surface area (Å²) in [5.74, 6) is 0.163. The summed E-state index contributed by atoms with van der Waals surface area (Å²) in [7, 11) is -3.74. The van der Waals surface area contributed by atoms with Crippen molar-refractivity contribution in [1.82, 2.24) is 18.9 Å². The summed E-state index contributed by atoms with van der Waals surface area (Å²) in [6.07, 6.45) is 2.85. The predicted octanol–water partition coefficient (Wildman–Crippen LogP) is 5.22. The summed E-state index contributed by atoms with van der Waals surface area (Å²) in [5, 5.41) is 8.51. The molecule has 1 aliphatic heterocycles. The van der Waals surface area contributed by atoms with E-state index < -0.39 is 15.8 Å². The van der Waals surface area contributed by atoms with Crippen LogP contribution in [-0.2, 0) is 10.0 Å². The van der Waals surface area contributed by atoms with Gasteiger partial charge in [0.15, 0.2) is 5.65 Å². The number of nitrogens with one attached hydrogen (secondary N) is 1. The summed E-state index contributed by atoms with van der Waals surface area (Å²) < 4.78 is 43.3. The van der Waals surface area contributed by atoms with Gasteiger partial charge in [-0.15, -0.1) is 0 Å². The van der Waals surface area contributed by atoms with E-state index in [0.29, 0.717) is 42.3 Å². The van der Waals surface area contributed by atoms with Crippen LogP contribution < -0.4 is 5.32 Å². The fraction of sp³-hybridized carbons (Fsp3) is 0.217. The Bertz CT molecular complexity index is 1470. The van der Waals surface area contributed by atoms with Crippen molar-refractivity contribution in [2.24, 2.45) is 0 Å². The van der Waals surface area contributed by atoms with Gasteiger partial charge < -0.3 is 5.32 Å². The van der Waals surface area contributed by atoms with Crippen LogP contribution in [-0.4, -0.2) is 46.5 Å². The van der Waals surface area contributed by atoms with Crippen molar-refractivity contribution in [3.8, 4) is 11.3 Å². The van der Waals surface area contributed by atoms with Crippen LogP contribution in [0, 0.1) is 5.82 Å². The zero-order valence-corrected chi connectivity index (χ0v) is 21.0. The van der Waals surface area contributed by atoms with E-state index >= 15 is 0 Å². The minimum atomic E-state index is -3.74. The summed E-state index contributed by atoms with van der Waals surface area (Å²) in [6, 6.07) is 14.5. The van der Waals surface area contributed by atoms with Crippen LogP contribution in [0.25, 0.3) is 16.9 Å². The Labute approximate surface area is 209 Å². The Kier molecular flexibility index (Phi) is 6.32. The van der Waals surface area contributed by atoms with Gasteiger partial charge >= 0.3 is 0 Å². The Balaban J connectivity index is 1.38. The molecule has 0 saturated carbocycles. The number of fused-ring (bicyclic) bond motifs is 1. The van der Waals surface area contributed by atoms with Crippen molar-refractivity contribution in [3.63, 3.8) is 0 Å². The SMILES string of the molecule is O=S(=O)(c1cccc(F)c1)N1CCC(Nc2cc(-c3ccccc3Cl)nc3c(Br)cnn23)CC1. The molecule has 7 nitrogen and oxygen atoms in total. The number of benzene rings is 2. The largest absolute Gasteiger partial charge is 0.367 e. The number of nitrogens with zero attached hydrogens (tertiary/aromatic N) is 4. The molecule has 3 heterocycles. The third-order valence-corrected chi connectivity index (χ3v) is 8.60. The molecule has 4 aromatic rings. The highest BCUT2D eigenvalue weighted by Crippen LogP contribution is 2.31. The molecule has 0 atom stereocenters. The summed E-state index contributed by atoms with van der Waals surface area (Å²) in [6.45, 7) is 0.649. The lowest BCUT2D eigenvalue weighted by molar-refractivity contribution is 0.329. The minimum Gasteiger partial charge on any atom is -0.367 e. The molecule has 5 rings (SSSR count). The van der Waals surface area contributed by atoms with E-state index in [1.165, 1.54) is 22.5 Å². The highest BCUT2D eigenvalue weighted by atomic mass is 79.9. The van der Waals surface area contributed by atoms with Gasteiger partial charge in [0.25, 0.3) is 0 Å². The molecule has 0 spiro atoms. The highest BCUT2D eigenvalue weighted by Gasteiger charge is 2.30. The first kappa shape index (κ1) is 23.2. The summed E-state index contributed by atoms with van der Waals surface area (Å²) >= 11 is 9.91. The number of sulfonamides is 1. The first-order valence-corrected chi connectivity index (χ1v) is 13.3. The number of hydrogen-bond acceptors (Lipinski definition) is 5. The Morgan fingerprint density at radius 3 is 2.59 bits per heavy atom. The predicted molar refractivity (Wildman–Crippen MR) is 133 cm³/mol. The topological polar surface area (TPSA) is 79.6 Å². The maximum atomic E-state index is 13.6. The van der Waals surface area contributed by atoms with Crippen LogP contribution in [0.15, 0.2) is 70.2 Å². The van der Waals surface area contributed by atoms with Gasteiger partial charge in [-0.1, -0.05) is 35.9 Å². The van der Waals surface area contributed by atoms with Crippen molar-refractivity contribution in [1.29, 1.82) is 0 Å². The van der Waals surface area contributed by atoms with E-state index in [4.69, 9.17) is 16.6 Å². The van der Waals surface area contributed by atoms with Gasteiger partial charge in [0, 0.05) is 35.8 Å². The lowest BCUT2D eigenvalue weighted by atomic mass is 10.1. The molecule has 1 saturated heterocycles. The average Bonchev–Trinajstić information content (AvgIpc) is 3.21. The number of anilines is 1. The lowest BCUT2D eigenvalue weighted by Gasteiger charge is -2.32. The van der Waals surface area contributed by atoms with Crippen molar-refractivity contribution < 1.29 is 12.8 Å². The van der Waals surface area contributed by atoms with Gasteiger partial charge in [0.05, 0.1) is 21.3 Å².